The fourth-order valence-electron chi connectivity index (χ4n) is 2.43. The molecule has 0 saturated carbocycles. The van der Waals surface area contributed by atoms with E-state index < -0.39 is 0 Å². The number of aldehydes is 1. The Morgan fingerprint density at radius 2 is 2.21 bits per heavy atom. The quantitative estimate of drug-likeness (QED) is 0.478. The van der Waals surface area contributed by atoms with Gasteiger partial charge in [-0.25, -0.2) is 0 Å². The van der Waals surface area contributed by atoms with Gasteiger partial charge in [0, 0.05) is 17.0 Å². The van der Waals surface area contributed by atoms with Gasteiger partial charge in [0.2, 0.25) is 0 Å². The smallest absolute Gasteiger partial charge is 0.199 e. The summed E-state index contributed by atoms with van der Waals surface area (Å²) in [6, 6.07) is 3.52. The molecular formula is C19H23BrO4. The molecule has 0 N–H and O–H groups in total. The molecular weight excluding hydrogens is 372 g/mol. The maximum Gasteiger partial charge on any atom is 0.199 e. The molecule has 0 bridgehead atoms. The highest BCUT2D eigenvalue weighted by Crippen LogP contribution is 2.33. The zero-order valence-corrected chi connectivity index (χ0v) is 15.7. The highest BCUT2D eigenvalue weighted by atomic mass is 79.9. The number of benzene rings is 1. The van der Waals surface area contributed by atoms with Gasteiger partial charge in [0.05, 0.1) is 12.2 Å². The van der Waals surface area contributed by atoms with Crippen molar-refractivity contribution in [2.75, 3.05) is 13.2 Å². The second-order valence-corrected chi connectivity index (χ2v) is 6.36. The lowest BCUT2D eigenvalue weighted by Crippen LogP contribution is -2.25. The lowest BCUT2D eigenvalue weighted by molar-refractivity contribution is -0.106. The van der Waals surface area contributed by atoms with Gasteiger partial charge in [-0.3, -0.25) is 4.79 Å². The fourth-order valence-corrected chi connectivity index (χ4v) is 2.94. The van der Waals surface area contributed by atoms with Crippen molar-refractivity contribution in [1.82, 2.24) is 0 Å². The van der Waals surface area contributed by atoms with Gasteiger partial charge in [0.15, 0.2) is 12.6 Å². The molecule has 0 radical (unpaired) electrons. The number of rotatable bonds is 7. The second kappa shape index (κ2) is 9.64. The summed E-state index contributed by atoms with van der Waals surface area (Å²) in [4.78, 5) is 11.4. The Hall–Kier alpha value is -1.59. The minimum atomic E-state index is -0.241. The van der Waals surface area contributed by atoms with Crippen LogP contribution in [0.3, 0.4) is 0 Å². The Balaban J connectivity index is 2.16. The van der Waals surface area contributed by atoms with E-state index in [-0.39, 0.29) is 6.29 Å². The monoisotopic (exact) mass is 394 g/mol. The average molecular weight is 395 g/mol. The molecule has 1 heterocycles. The zero-order chi connectivity index (χ0) is 17.4. The molecule has 1 atom stereocenters. The van der Waals surface area contributed by atoms with Crippen molar-refractivity contribution in [3.63, 3.8) is 0 Å². The molecule has 1 fully saturated rings. The summed E-state index contributed by atoms with van der Waals surface area (Å²) in [5.74, 6) is 1.12. The Morgan fingerprint density at radius 3 is 2.83 bits per heavy atom. The van der Waals surface area contributed by atoms with E-state index >= 15 is 0 Å². The van der Waals surface area contributed by atoms with Crippen LogP contribution in [0.4, 0.5) is 0 Å². The fraction of sp³-hybridized carbons (Fsp3) is 0.421. The number of hydrogen-bond donors (Lipinski definition) is 0. The Labute approximate surface area is 151 Å². The molecule has 1 saturated heterocycles. The molecule has 1 aliphatic rings. The van der Waals surface area contributed by atoms with Crippen molar-refractivity contribution in [1.29, 1.82) is 0 Å². The summed E-state index contributed by atoms with van der Waals surface area (Å²) < 4.78 is 18.0. The summed E-state index contributed by atoms with van der Waals surface area (Å²) in [6.45, 7) is 5.01. The van der Waals surface area contributed by atoms with Crippen LogP contribution >= 0.6 is 15.9 Å². The number of hydrogen-bond acceptors (Lipinski definition) is 4. The second-order valence-electron chi connectivity index (χ2n) is 5.50. The highest BCUT2D eigenvalue weighted by molar-refractivity contribution is 9.10. The van der Waals surface area contributed by atoms with E-state index in [4.69, 9.17) is 14.2 Å². The lowest BCUT2D eigenvalue weighted by atomic mass is 10.2. The molecule has 1 unspecified atom stereocenters. The van der Waals surface area contributed by atoms with E-state index in [0.29, 0.717) is 28.1 Å². The molecule has 1 aromatic rings. The molecule has 2 rings (SSSR count). The Morgan fingerprint density at radius 1 is 1.38 bits per heavy atom. The minimum absolute atomic E-state index is 0.241. The van der Waals surface area contributed by atoms with Crippen molar-refractivity contribution >= 4 is 22.2 Å². The van der Waals surface area contributed by atoms with Gasteiger partial charge < -0.3 is 14.2 Å². The largest absolute Gasteiger partial charge is 0.488 e. The van der Waals surface area contributed by atoms with Crippen LogP contribution in [-0.2, 0) is 4.74 Å². The number of ether oxygens (including phenoxy) is 3. The van der Waals surface area contributed by atoms with Crippen LogP contribution in [0.5, 0.6) is 11.5 Å². The summed E-state index contributed by atoms with van der Waals surface area (Å²) in [7, 11) is 0. The normalized spacial score (nSPS) is 18.6. The molecule has 0 aromatic heterocycles. The van der Waals surface area contributed by atoms with E-state index in [0.717, 1.165) is 37.7 Å². The Kier molecular flexibility index (Phi) is 7.53. The van der Waals surface area contributed by atoms with Crippen LogP contribution in [0.15, 0.2) is 40.4 Å². The first-order valence-electron chi connectivity index (χ1n) is 8.15. The van der Waals surface area contributed by atoms with Crippen molar-refractivity contribution in [2.45, 2.75) is 39.4 Å². The topological polar surface area (TPSA) is 44.8 Å². The maximum atomic E-state index is 11.4. The third-order valence-corrected chi connectivity index (χ3v) is 4.39. The van der Waals surface area contributed by atoms with E-state index in [9.17, 15) is 4.79 Å². The molecule has 0 amide bonds. The van der Waals surface area contributed by atoms with E-state index in [1.807, 2.05) is 32.1 Å². The SMILES string of the molecule is C/C=C\C(=C/C)COc1cc(OC2CCCCO2)cc(Br)c1C=O. The third kappa shape index (κ3) is 5.21. The predicted molar refractivity (Wildman–Crippen MR) is 97.8 cm³/mol. The van der Waals surface area contributed by atoms with Gasteiger partial charge in [-0.1, -0.05) is 18.2 Å². The van der Waals surface area contributed by atoms with Crippen LogP contribution in [0.2, 0.25) is 0 Å². The van der Waals surface area contributed by atoms with Crippen LogP contribution in [0.1, 0.15) is 43.5 Å². The summed E-state index contributed by atoms with van der Waals surface area (Å²) >= 11 is 3.42. The number of allylic oxidation sites excluding steroid dienone is 2. The molecule has 0 spiro atoms. The van der Waals surface area contributed by atoms with Crippen molar-refractivity contribution < 1.29 is 19.0 Å². The van der Waals surface area contributed by atoms with Crippen LogP contribution < -0.4 is 9.47 Å². The average Bonchev–Trinajstić information content (AvgIpc) is 2.59. The van der Waals surface area contributed by atoms with Gasteiger partial charge >= 0.3 is 0 Å². The Bertz CT molecular complexity index is 616. The van der Waals surface area contributed by atoms with E-state index in [1.165, 1.54) is 0 Å². The number of carbonyl (C=O) groups is 1. The highest BCUT2D eigenvalue weighted by Gasteiger charge is 2.18. The zero-order valence-electron chi connectivity index (χ0n) is 14.1. The lowest BCUT2D eigenvalue weighted by Gasteiger charge is -2.24. The van der Waals surface area contributed by atoms with Crippen LogP contribution in [0, 0.1) is 0 Å². The number of halogens is 1. The molecule has 1 aliphatic heterocycles. The third-order valence-electron chi connectivity index (χ3n) is 3.73. The summed E-state index contributed by atoms with van der Waals surface area (Å²) in [6.07, 6.45) is 9.48. The van der Waals surface area contributed by atoms with Crippen molar-refractivity contribution in [3.8, 4) is 11.5 Å². The molecule has 5 heteroatoms. The molecule has 0 aliphatic carbocycles. The molecule has 1 aromatic carbocycles. The first-order valence-corrected chi connectivity index (χ1v) is 8.95. The van der Waals surface area contributed by atoms with E-state index in [1.54, 1.807) is 12.1 Å². The molecule has 130 valence electrons. The van der Waals surface area contributed by atoms with Gasteiger partial charge in [0.1, 0.15) is 18.1 Å². The van der Waals surface area contributed by atoms with Gasteiger partial charge in [0.25, 0.3) is 0 Å². The van der Waals surface area contributed by atoms with Crippen molar-refractivity contribution in [2.24, 2.45) is 0 Å². The van der Waals surface area contributed by atoms with Crippen LogP contribution in [-0.4, -0.2) is 25.8 Å². The van der Waals surface area contributed by atoms with Crippen LogP contribution in [0.25, 0.3) is 0 Å². The van der Waals surface area contributed by atoms with Gasteiger partial charge in [-0.05, 0) is 54.3 Å². The molecule has 24 heavy (non-hydrogen) atoms. The maximum absolute atomic E-state index is 11.4. The van der Waals surface area contributed by atoms with E-state index in [2.05, 4.69) is 15.9 Å². The minimum Gasteiger partial charge on any atom is -0.488 e. The van der Waals surface area contributed by atoms with Gasteiger partial charge in [-0.15, -0.1) is 0 Å². The van der Waals surface area contributed by atoms with Gasteiger partial charge in [-0.2, -0.15) is 0 Å². The first kappa shape index (κ1) is 18.7. The molecule has 4 nitrogen and oxygen atoms in total. The van der Waals surface area contributed by atoms with Crippen molar-refractivity contribution in [3.05, 3.63) is 46.0 Å². The standard InChI is InChI=1S/C19H23BrO4/c1-3-7-14(4-2)13-23-18-11-15(10-17(20)16(18)12-21)24-19-8-5-6-9-22-19/h3-4,7,10-12,19H,5-6,8-9,13H2,1-2H3/b7-3-,14-4+. The summed E-state index contributed by atoms with van der Waals surface area (Å²) in [5.41, 5.74) is 1.51. The summed E-state index contributed by atoms with van der Waals surface area (Å²) in [5, 5.41) is 0. The number of carbonyl (C=O) groups excluding carboxylic acids is 1. The predicted octanol–water partition coefficient (Wildman–Crippen LogP) is 5.07. The first-order chi connectivity index (χ1) is 11.7.